The first kappa shape index (κ1) is 9.37. The first-order valence-electron chi connectivity index (χ1n) is 3.73. The molecule has 2 rings (SSSR count). The molecular formula is C9H8BrNS2. The molecule has 1 nitrogen and oxygen atoms in total. The van der Waals surface area contributed by atoms with Gasteiger partial charge in [-0.15, -0.1) is 23.1 Å². The smallest absolute Gasteiger partial charge is 0.0492 e. The van der Waals surface area contributed by atoms with E-state index in [1.54, 1.807) is 23.1 Å². The summed E-state index contributed by atoms with van der Waals surface area (Å²) in [7, 11) is 0. The van der Waals surface area contributed by atoms with Gasteiger partial charge in [-0.05, 0) is 39.7 Å². The average molecular weight is 274 g/mol. The molecule has 2 aromatic rings. The molecule has 0 unspecified atom stereocenters. The van der Waals surface area contributed by atoms with Gasteiger partial charge in [-0.2, -0.15) is 0 Å². The molecule has 13 heavy (non-hydrogen) atoms. The topological polar surface area (TPSA) is 26.0 Å². The normalized spacial score (nSPS) is 10.9. The number of halogens is 1. The van der Waals surface area contributed by atoms with Crippen LogP contribution in [0.15, 0.2) is 26.9 Å². The number of rotatable bonds is 1. The second kappa shape index (κ2) is 3.52. The number of hydrogen-bond donors (Lipinski definition) is 1. The van der Waals surface area contributed by atoms with E-state index >= 15 is 0 Å². The van der Waals surface area contributed by atoms with Crippen molar-refractivity contribution in [2.24, 2.45) is 0 Å². The van der Waals surface area contributed by atoms with Crippen molar-refractivity contribution in [1.82, 2.24) is 0 Å². The maximum absolute atomic E-state index is 5.87. The summed E-state index contributed by atoms with van der Waals surface area (Å²) in [6.45, 7) is 0. The third kappa shape index (κ3) is 1.47. The van der Waals surface area contributed by atoms with Crippen molar-refractivity contribution in [1.29, 1.82) is 0 Å². The van der Waals surface area contributed by atoms with Crippen LogP contribution >= 0.6 is 39.0 Å². The largest absolute Gasteiger partial charge is 0.398 e. The van der Waals surface area contributed by atoms with Gasteiger partial charge in [0.15, 0.2) is 0 Å². The van der Waals surface area contributed by atoms with Crippen LogP contribution in [0.25, 0.3) is 10.1 Å². The lowest BCUT2D eigenvalue weighted by molar-refractivity contribution is 1.57. The fourth-order valence-electron chi connectivity index (χ4n) is 1.25. The van der Waals surface area contributed by atoms with Gasteiger partial charge in [0.1, 0.15) is 0 Å². The number of benzene rings is 1. The molecule has 0 fully saturated rings. The maximum atomic E-state index is 5.87. The third-order valence-corrected chi connectivity index (χ3v) is 4.61. The van der Waals surface area contributed by atoms with Gasteiger partial charge in [0, 0.05) is 25.1 Å². The van der Waals surface area contributed by atoms with Crippen molar-refractivity contribution in [2.45, 2.75) is 4.90 Å². The zero-order valence-electron chi connectivity index (χ0n) is 7.00. The predicted molar refractivity (Wildman–Crippen MR) is 65.7 cm³/mol. The van der Waals surface area contributed by atoms with Gasteiger partial charge in [-0.25, -0.2) is 0 Å². The molecule has 0 spiro atoms. The Morgan fingerprint density at radius 1 is 1.54 bits per heavy atom. The van der Waals surface area contributed by atoms with Crippen molar-refractivity contribution in [2.75, 3.05) is 12.0 Å². The molecule has 0 aliphatic carbocycles. The quantitative estimate of drug-likeness (QED) is 0.629. The van der Waals surface area contributed by atoms with Gasteiger partial charge in [0.25, 0.3) is 0 Å². The minimum Gasteiger partial charge on any atom is -0.398 e. The highest BCUT2D eigenvalue weighted by molar-refractivity contribution is 9.10. The highest BCUT2D eigenvalue weighted by atomic mass is 79.9. The van der Waals surface area contributed by atoms with Crippen molar-refractivity contribution >= 4 is 54.8 Å². The Kier molecular flexibility index (Phi) is 2.53. The molecule has 1 aromatic carbocycles. The number of nitrogen functional groups attached to an aromatic ring is 1. The van der Waals surface area contributed by atoms with Crippen molar-refractivity contribution in [3.63, 3.8) is 0 Å². The number of thiophene rings is 1. The Bertz CT molecular complexity index is 450. The molecule has 0 amide bonds. The molecular weight excluding hydrogens is 266 g/mol. The van der Waals surface area contributed by atoms with Gasteiger partial charge in [0.2, 0.25) is 0 Å². The Labute approximate surface area is 93.4 Å². The molecule has 0 atom stereocenters. The molecule has 0 aliphatic rings. The highest BCUT2D eigenvalue weighted by Gasteiger charge is 2.08. The van der Waals surface area contributed by atoms with E-state index in [9.17, 15) is 0 Å². The fraction of sp³-hybridized carbons (Fsp3) is 0.111. The van der Waals surface area contributed by atoms with E-state index in [2.05, 4.69) is 33.6 Å². The summed E-state index contributed by atoms with van der Waals surface area (Å²) in [4.78, 5) is 1.26. The van der Waals surface area contributed by atoms with Crippen molar-refractivity contribution < 1.29 is 0 Å². The fourth-order valence-corrected chi connectivity index (χ4v) is 3.57. The molecule has 0 saturated heterocycles. The summed E-state index contributed by atoms with van der Waals surface area (Å²) < 4.78 is 2.33. The van der Waals surface area contributed by atoms with Crippen LogP contribution in [0.5, 0.6) is 0 Å². The van der Waals surface area contributed by atoms with E-state index in [0.29, 0.717) is 0 Å². The summed E-state index contributed by atoms with van der Waals surface area (Å²) in [6.07, 6.45) is 2.07. The van der Waals surface area contributed by atoms with Crippen LogP contribution in [0.1, 0.15) is 0 Å². The van der Waals surface area contributed by atoms with Crippen LogP contribution in [0.4, 0.5) is 5.69 Å². The van der Waals surface area contributed by atoms with Crippen LogP contribution in [0, 0.1) is 0 Å². The van der Waals surface area contributed by atoms with Gasteiger partial charge < -0.3 is 5.73 Å². The number of fused-ring (bicyclic) bond motifs is 1. The summed E-state index contributed by atoms with van der Waals surface area (Å²) in [5.41, 5.74) is 6.68. The number of nitrogens with two attached hydrogens (primary N) is 1. The second-order valence-corrected chi connectivity index (χ2v) is 5.20. The van der Waals surface area contributed by atoms with Crippen LogP contribution in [-0.4, -0.2) is 6.26 Å². The van der Waals surface area contributed by atoms with E-state index in [1.165, 1.54) is 15.0 Å². The minimum atomic E-state index is 0.815. The Hall–Kier alpha value is -0.190. The Morgan fingerprint density at radius 3 is 3.00 bits per heavy atom. The summed E-state index contributed by atoms with van der Waals surface area (Å²) in [5, 5.41) is 3.31. The highest BCUT2D eigenvalue weighted by Crippen LogP contribution is 2.39. The SMILES string of the molecule is CSc1cc(N)c(Br)c2ccsc12. The first-order chi connectivity index (χ1) is 6.24. The Balaban J connectivity index is 2.87. The molecule has 1 aromatic heterocycles. The second-order valence-electron chi connectivity index (χ2n) is 2.65. The molecule has 4 heteroatoms. The van der Waals surface area contributed by atoms with Crippen molar-refractivity contribution in [3.05, 3.63) is 22.0 Å². The molecule has 0 radical (unpaired) electrons. The van der Waals surface area contributed by atoms with Gasteiger partial charge >= 0.3 is 0 Å². The van der Waals surface area contributed by atoms with Crippen LogP contribution < -0.4 is 5.73 Å². The van der Waals surface area contributed by atoms with Gasteiger partial charge in [-0.3, -0.25) is 0 Å². The zero-order valence-corrected chi connectivity index (χ0v) is 10.2. The maximum Gasteiger partial charge on any atom is 0.0492 e. The van der Waals surface area contributed by atoms with Crippen LogP contribution in [-0.2, 0) is 0 Å². The number of thioether (sulfide) groups is 1. The van der Waals surface area contributed by atoms with Crippen molar-refractivity contribution in [3.8, 4) is 0 Å². The summed E-state index contributed by atoms with van der Waals surface area (Å²) in [6, 6.07) is 4.12. The lowest BCUT2D eigenvalue weighted by Gasteiger charge is -2.04. The average Bonchev–Trinajstić information content (AvgIpc) is 2.60. The molecule has 2 N–H and O–H groups in total. The lowest BCUT2D eigenvalue weighted by Crippen LogP contribution is -1.87. The summed E-state index contributed by atoms with van der Waals surface area (Å²) in [5.74, 6) is 0. The number of hydrogen-bond acceptors (Lipinski definition) is 3. The van der Waals surface area contributed by atoms with Gasteiger partial charge in [0.05, 0.1) is 0 Å². The van der Waals surface area contributed by atoms with Crippen LogP contribution in [0.3, 0.4) is 0 Å². The monoisotopic (exact) mass is 273 g/mol. The molecule has 1 heterocycles. The standard InChI is InChI=1S/C9H8BrNS2/c1-12-7-4-6(11)8(10)5-2-3-13-9(5)7/h2-4H,11H2,1H3. The third-order valence-electron chi connectivity index (χ3n) is 1.89. The van der Waals surface area contributed by atoms with Gasteiger partial charge in [-0.1, -0.05) is 0 Å². The van der Waals surface area contributed by atoms with E-state index in [1.807, 2.05) is 6.07 Å². The van der Waals surface area contributed by atoms with E-state index in [4.69, 9.17) is 5.73 Å². The molecule has 0 aliphatic heterocycles. The first-order valence-corrected chi connectivity index (χ1v) is 6.63. The molecule has 0 bridgehead atoms. The lowest BCUT2D eigenvalue weighted by atomic mass is 10.2. The molecule has 0 saturated carbocycles. The number of anilines is 1. The summed E-state index contributed by atoms with van der Waals surface area (Å²) >= 11 is 6.99. The van der Waals surface area contributed by atoms with E-state index in [-0.39, 0.29) is 0 Å². The molecule has 68 valence electrons. The minimum absolute atomic E-state index is 0.815. The van der Waals surface area contributed by atoms with Crippen LogP contribution in [0.2, 0.25) is 0 Å². The van der Waals surface area contributed by atoms with E-state index < -0.39 is 0 Å². The Morgan fingerprint density at radius 2 is 2.31 bits per heavy atom. The van der Waals surface area contributed by atoms with E-state index in [0.717, 1.165) is 10.2 Å². The predicted octanol–water partition coefficient (Wildman–Crippen LogP) is 3.97. The zero-order chi connectivity index (χ0) is 9.42.